The normalized spacial score (nSPS) is 29.7. The van der Waals surface area contributed by atoms with Crippen LogP contribution in [0, 0.1) is 5.92 Å². The van der Waals surface area contributed by atoms with Crippen molar-refractivity contribution in [3.05, 3.63) is 11.3 Å². The summed E-state index contributed by atoms with van der Waals surface area (Å²) in [5, 5.41) is 3.50. The maximum Gasteiger partial charge on any atom is 0.225 e. The van der Waals surface area contributed by atoms with Crippen molar-refractivity contribution in [2.45, 2.75) is 31.8 Å². The molecule has 0 radical (unpaired) electrons. The number of nitrogens with one attached hydrogen (secondary N) is 1. The minimum atomic E-state index is 0.0344. The van der Waals surface area contributed by atoms with Gasteiger partial charge in [0.05, 0.1) is 6.04 Å². The zero-order valence-electron chi connectivity index (χ0n) is 10.6. The Morgan fingerprint density at radius 3 is 2.95 bits per heavy atom. The lowest BCUT2D eigenvalue weighted by Gasteiger charge is -2.17. The molecule has 1 aromatic heterocycles. The molecule has 1 amide bonds. The maximum atomic E-state index is 11.9. The maximum absolute atomic E-state index is 11.9. The van der Waals surface area contributed by atoms with Crippen molar-refractivity contribution in [2.24, 2.45) is 5.92 Å². The molecule has 2 fully saturated rings. The molecule has 1 saturated heterocycles. The van der Waals surface area contributed by atoms with Crippen LogP contribution < -0.4 is 11.1 Å². The van der Waals surface area contributed by atoms with Gasteiger partial charge < -0.3 is 16.0 Å². The van der Waals surface area contributed by atoms with Crippen molar-refractivity contribution >= 4 is 29.1 Å². The molecule has 3 atom stereocenters. The summed E-state index contributed by atoms with van der Waals surface area (Å²) >= 11 is 6.03. The van der Waals surface area contributed by atoms with Crippen LogP contribution in [0.15, 0.2) is 6.33 Å². The van der Waals surface area contributed by atoms with Crippen molar-refractivity contribution in [3.8, 4) is 0 Å². The van der Waals surface area contributed by atoms with E-state index >= 15 is 0 Å². The summed E-state index contributed by atoms with van der Waals surface area (Å²) in [6, 6.07) is 0.456. The number of anilines is 2. The highest BCUT2D eigenvalue weighted by molar-refractivity contribution is 6.35. The molecule has 2 heterocycles. The number of amides is 1. The molecule has 0 unspecified atom stereocenters. The lowest BCUT2D eigenvalue weighted by molar-refractivity contribution is -0.128. The summed E-state index contributed by atoms with van der Waals surface area (Å²) in [5.74, 6) is 1.57. The molecule has 1 aliphatic heterocycles. The molecule has 102 valence electrons. The average molecular weight is 282 g/mol. The smallest absolute Gasteiger partial charge is 0.225 e. The molecular weight excluding hydrogens is 266 g/mol. The fraction of sp³-hybridized carbons (Fsp3) is 0.583. The van der Waals surface area contributed by atoms with Crippen LogP contribution in [0.25, 0.3) is 0 Å². The summed E-state index contributed by atoms with van der Waals surface area (Å²) in [4.78, 5) is 21.8. The monoisotopic (exact) mass is 281 g/mol. The van der Waals surface area contributed by atoms with E-state index < -0.39 is 0 Å². The predicted molar refractivity (Wildman–Crippen MR) is 72.8 cm³/mol. The van der Waals surface area contributed by atoms with Gasteiger partial charge in [-0.15, -0.1) is 0 Å². The first kappa shape index (κ1) is 12.5. The second-order valence-electron chi connectivity index (χ2n) is 5.29. The van der Waals surface area contributed by atoms with Gasteiger partial charge in [-0.3, -0.25) is 4.79 Å². The number of hydrogen-bond acceptors (Lipinski definition) is 5. The molecule has 0 spiro atoms. The van der Waals surface area contributed by atoms with Crippen molar-refractivity contribution in [2.75, 3.05) is 17.6 Å². The predicted octanol–water partition coefficient (Wildman–Crippen LogP) is 1.13. The lowest BCUT2D eigenvalue weighted by Crippen LogP contribution is -2.30. The first-order valence-corrected chi connectivity index (χ1v) is 6.76. The van der Waals surface area contributed by atoms with Gasteiger partial charge in [0, 0.05) is 19.0 Å². The average Bonchev–Trinajstić information content (AvgIpc) is 2.97. The first-order chi connectivity index (χ1) is 9.06. The lowest BCUT2D eigenvalue weighted by atomic mass is 10.2. The number of halogens is 1. The van der Waals surface area contributed by atoms with E-state index in [9.17, 15) is 4.79 Å². The Hall–Kier alpha value is -1.56. The number of likely N-dealkylation sites (tertiary alicyclic amines) is 1. The molecule has 3 N–H and O–H groups in total. The number of nitrogens with zero attached hydrogens (tertiary/aromatic N) is 3. The van der Waals surface area contributed by atoms with Crippen molar-refractivity contribution in [3.63, 3.8) is 0 Å². The molecule has 7 heteroatoms. The van der Waals surface area contributed by atoms with Crippen molar-refractivity contribution in [1.29, 1.82) is 0 Å². The molecule has 0 aromatic carbocycles. The molecule has 2 aliphatic rings. The summed E-state index contributed by atoms with van der Waals surface area (Å²) in [7, 11) is 0. The summed E-state index contributed by atoms with van der Waals surface area (Å²) in [6.07, 6.45) is 2.95. The van der Waals surface area contributed by atoms with Crippen LogP contribution in [0.2, 0.25) is 5.02 Å². The second-order valence-corrected chi connectivity index (χ2v) is 5.67. The molecular formula is C12H16ClN5O. The zero-order valence-corrected chi connectivity index (χ0v) is 11.4. The van der Waals surface area contributed by atoms with Crippen LogP contribution in [0.5, 0.6) is 0 Å². The number of carbonyl (C=O) groups is 1. The van der Waals surface area contributed by atoms with E-state index in [1.807, 2.05) is 4.90 Å². The third-order valence-corrected chi connectivity index (χ3v) is 4.16. The summed E-state index contributed by atoms with van der Waals surface area (Å²) in [5.41, 5.74) is 5.63. The number of nitrogens with two attached hydrogens (primary N) is 1. The topological polar surface area (TPSA) is 84.1 Å². The van der Waals surface area contributed by atoms with Gasteiger partial charge in [-0.25, -0.2) is 9.97 Å². The third kappa shape index (κ3) is 2.32. The molecule has 1 aliphatic carbocycles. The van der Waals surface area contributed by atoms with Gasteiger partial charge in [0.2, 0.25) is 5.91 Å². The Kier molecular flexibility index (Phi) is 2.97. The minimum Gasteiger partial charge on any atom is -0.382 e. The number of aromatic nitrogens is 2. The van der Waals surface area contributed by atoms with Crippen LogP contribution in [0.3, 0.4) is 0 Å². The summed E-state index contributed by atoms with van der Waals surface area (Å²) < 4.78 is 0. The molecule has 19 heavy (non-hydrogen) atoms. The van der Waals surface area contributed by atoms with Gasteiger partial charge in [0.1, 0.15) is 17.2 Å². The third-order valence-electron chi connectivity index (χ3n) is 3.78. The van der Waals surface area contributed by atoms with E-state index in [1.165, 1.54) is 6.33 Å². The highest BCUT2D eigenvalue weighted by atomic mass is 35.5. The van der Waals surface area contributed by atoms with Crippen LogP contribution in [-0.2, 0) is 4.79 Å². The number of carbonyl (C=O) groups excluding carboxylic acids is 1. The Bertz CT molecular complexity index is 523. The van der Waals surface area contributed by atoms with E-state index in [4.69, 9.17) is 17.3 Å². The SMILES string of the molecule is C[C@@H]1C[C@@H]1N1C[C@@H](Nc2ncnc(N)c2Cl)CC1=O. The Balaban J connectivity index is 1.68. The largest absolute Gasteiger partial charge is 0.382 e. The quantitative estimate of drug-likeness (QED) is 0.868. The standard InChI is InChI=1S/C12H16ClN5O/c1-6-2-8(6)18-4-7(3-9(18)19)17-12-10(13)11(14)15-5-16-12/h5-8H,2-4H2,1H3,(H3,14,15,16,17)/t6-,7+,8+/m1/s1. The van der Waals surface area contributed by atoms with Gasteiger partial charge in [-0.1, -0.05) is 18.5 Å². The van der Waals surface area contributed by atoms with Crippen LogP contribution in [0.4, 0.5) is 11.6 Å². The molecule has 3 rings (SSSR count). The summed E-state index contributed by atoms with van der Waals surface area (Å²) in [6.45, 7) is 2.87. The second kappa shape index (κ2) is 4.52. The van der Waals surface area contributed by atoms with E-state index in [2.05, 4.69) is 22.2 Å². The fourth-order valence-corrected chi connectivity index (χ4v) is 2.72. The van der Waals surface area contributed by atoms with Gasteiger partial charge in [0.15, 0.2) is 5.82 Å². The number of nitrogen functional groups attached to an aromatic ring is 1. The van der Waals surface area contributed by atoms with Crippen molar-refractivity contribution in [1.82, 2.24) is 14.9 Å². The van der Waals surface area contributed by atoms with E-state index in [1.54, 1.807) is 0 Å². The van der Waals surface area contributed by atoms with Crippen LogP contribution in [-0.4, -0.2) is 39.4 Å². The molecule has 0 bridgehead atoms. The van der Waals surface area contributed by atoms with E-state index in [0.717, 1.165) is 6.42 Å². The molecule has 1 saturated carbocycles. The van der Waals surface area contributed by atoms with Gasteiger partial charge in [-0.05, 0) is 12.3 Å². The Morgan fingerprint density at radius 2 is 2.26 bits per heavy atom. The fourth-order valence-electron chi connectivity index (χ4n) is 2.56. The molecule has 1 aromatic rings. The van der Waals surface area contributed by atoms with Crippen molar-refractivity contribution < 1.29 is 4.79 Å². The van der Waals surface area contributed by atoms with Gasteiger partial charge in [0.25, 0.3) is 0 Å². The van der Waals surface area contributed by atoms with Crippen LogP contribution >= 0.6 is 11.6 Å². The molecule has 6 nitrogen and oxygen atoms in total. The van der Waals surface area contributed by atoms with Gasteiger partial charge >= 0.3 is 0 Å². The van der Waals surface area contributed by atoms with Gasteiger partial charge in [-0.2, -0.15) is 0 Å². The minimum absolute atomic E-state index is 0.0344. The highest BCUT2D eigenvalue weighted by Gasteiger charge is 2.44. The Labute approximate surface area is 116 Å². The van der Waals surface area contributed by atoms with Crippen LogP contribution in [0.1, 0.15) is 19.8 Å². The zero-order chi connectivity index (χ0) is 13.6. The highest BCUT2D eigenvalue weighted by Crippen LogP contribution is 2.38. The number of hydrogen-bond donors (Lipinski definition) is 2. The van der Waals surface area contributed by atoms with E-state index in [0.29, 0.717) is 35.8 Å². The first-order valence-electron chi connectivity index (χ1n) is 6.38. The van der Waals surface area contributed by atoms with E-state index in [-0.39, 0.29) is 17.8 Å². The number of rotatable bonds is 3. The Morgan fingerprint density at radius 1 is 1.53 bits per heavy atom.